The van der Waals surface area contributed by atoms with Gasteiger partial charge in [0.1, 0.15) is 0 Å². The molecule has 2 rings (SSSR count). The Morgan fingerprint density at radius 1 is 1.14 bits per heavy atom. The van der Waals surface area contributed by atoms with Crippen LogP contribution in [0.15, 0.2) is 35.5 Å². The Morgan fingerprint density at radius 2 is 1.90 bits per heavy atom. The van der Waals surface area contributed by atoms with Crippen LogP contribution >= 0.6 is 0 Å². The second kappa shape index (κ2) is 10.00. The van der Waals surface area contributed by atoms with Crippen molar-refractivity contribution in [3.8, 4) is 0 Å². The lowest BCUT2D eigenvalue weighted by Crippen LogP contribution is -2.27. The summed E-state index contributed by atoms with van der Waals surface area (Å²) >= 11 is 0. The van der Waals surface area contributed by atoms with E-state index in [1.54, 1.807) is 5.57 Å². The standard InChI is InChI=1S/C10H17N.C10H18/c1-3-11-9(2)10-7-5-4-6-8-10;1-8(2)10-6-4-5-9(3)7-10/h5,7-9,11H,3-4,6H2,1-2H3;6,8-9H,4-5,7H2,1-3H3. The van der Waals surface area contributed by atoms with Gasteiger partial charge in [0, 0.05) is 6.04 Å². The number of likely N-dealkylation sites (N-methyl/N-ethyl adjacent to an activating group) is 1. The van der Waals surface area contributed by atoms with Gasteiger partial charge < -0.3 is 5.32 Å². The van der Waals surface area contributed by atoms with Crippen LogP contribution in [0, 0.1) is 11.8 Å². The minimum absolute atomic E-state index is 0.525. The van der Waals surface area contributed by atoms with Gasteiger partial charge in [-0.05, 0) is 63.0 Å². The van der Waals surface area contributed by atoms with E-state index in [0.717, 1.165) is 18.4 Å². The summed E-state index contributed by atoms with van der Waals surface area (Å²) in [5.74, 6) is 1.71. The molecule has 0 heterocycles. The van der Waals surface area contributed by atoms with Crippen LogP contribution in [0.3, 0.4) is 0 Å². The summed E-state index contributed by atoms with van der Waals surface area (Å²) in [5, 5.41) is 3.40. The second-order valence-corrected chi connectivity index (χ2v) is 6.78. The average molecular weight is 290 g/mol. The van der Waals surface area contributed by atoms with Crippen molar-refractivity contribution in [3.63, 3.8) is 0 Å². The van der Waals surface area contributed by atoms with Gasteiger partial charge in [-0.1, -0.05) is 57.6 Å². The fraction of sp³-hybridized carbons (Fsp3) is 0.700. The fourth-order valence-corrected chi connectivity index (χ4v) is 2.99. The quantitative estimate of drug-likeness (QED) is 0.659. The fourth-order valence-electron chi connectivity index (χ4n) is 2.99. The molecule has 0 radical (unpaired) electrons. The van der Waals surface area contributed by atoms with Gasteiger partial charge in [-0.15, -0.1) is 0 Å². The molecule has 1 nitrogen and oxygen atoms in total. The van der Waals surface area contributed by atoms with Gasteiger partial charge in [0.2, 0.25) is 0 Å². The van der Waals surface area contributed by atoms with Crippen LogP contribution in [0.4, 0.5) is 0 Å². The average Bonchev–Trinajstić information content (AvgIpc) is 2.49. The second-order valence-electron chi connectivity index (χ2n) is 6.78. The third-order valence-corrected chi connectivity index (χ3v) is 4.43. The first kappa shape index (κ1) is 18.2. The van der Waals surface area contributed by atoms with Crippen LogP contribution in [0.2, 0.25) is 0 Å². The molecule has 0 aromatic rings. The SMILES string of the molecule is CC1CCC=C(C(C)C)C1.CCNC(C)C1=CCCC=C1. The lowest BCUT2D eigenvalue weighted by molar-refractivity contribution is 0.480. The minimum Gasteiger partial charge on any atom is -0.310 e. The van der Waals surface area contributed by atoms with E-state index in [0.29, 0.717) is 6.04 Å². The summed E-state index contributed by atoms with van der Waals surface area (Å²) in [6, 6.07) is 0.525. The Bertz CT molecular complexity index is 373. The zero-order valence-corrected chi connectivity index (χ0v) is 14.8. The van der Waals surface area contributed by atoms with Crippen molar-refractivity contribution in [1.29, 1.82) is 0 Å². The Kier molecular flexibility index (Phi) is 8.68. The molecule has 1 N–H and O–H groups in total. The van der Waals surface area contributed by atoms with Crippen molar-refractivity contribution in [3.05, 3.63) is 35.5 Å². The highest BCUT2D eigenvalue weighted by Gasteiger charge is 2.12. The van der Waals surface area contributed by atoms with E-state index in [1.165, 1.54) is 37.7 Å². The number of hydrogen-bond acceptors (Lipinski definition) is 1. The van der Waals surface area contributed by atoms with E-state index in [2.05, 4.69) is 64.2 Å². The molecule has 1 heteroatoms. The Balaban J connectivity index is 0.000000211. The molecule has 0 saturated carbocycles. The van der Waals surface area contributed by atoms with Gasteiger partial charge in [0.05, 0.1) is 0 Å². The molecule has 0 aliphatic heterocycles. The molecule has 0 saturated heterocycles. The topological polar surface area (TPSA) is 12.0 Å². The van der Waals surface area contributed by atoms with E-state index in [9.17, 15) is 0 Å². The third-order valence-electron chi connectivity index (χ3n) is 4.43. The molecule has 2 aliphatic carbocycles. The Labute approximate surface area is 132 Å². The maximum atomic E-state index is 3.40. The third kappa shape index (κ3) is 7.13. The molecule has 0 bridgehead atoms. The van der Waals surface area contributed by atoms with Crippen molar-refractivity contribution in [2.24, 2.45) is 11.8 Å². The van der Waals surface area contributed by atoms with Gasteiger partial charge in [-0.2, -0.15) is 0 Å². The summed E-state index contributed by atoms with van der Waals surface area (Å²) in [6.07, 6.45) is 15.7. The van der Waals surface area contributed by atoms with Crippen LogP contribution in [0.5, 0.6) is 0 Å². The molecule has 0 fully saturated rings. The summed E-state index contributed by atoms with van der Waals surface area (Å²) in [6.45, 7) is 12.4. The number of hydrogen-bond donors (Lipinski definition) is 1. The van der Waals surface area contributed by atoms with Crippen LogP contribution < -0.4 is 5.32 Å². The molecule has 120 valence electrons. The van der Waals surface area contributed by atoms with Crippen molar-refractivity contribution in [2.45, 2.75) is 72.8 Å². The highest BCUT2D eigenvalue weighted by molar-refractivity contribution is 5.26. The molecular formula is C20H35N. The van der Waals surface area contributed by atoms with Crippen molar-refractivity contribution < 1.29 is 0 Å². The van der Waals surface area contributed by atoms with Crippen LogP contribution in [-0.4, -0.2) is 12.6 Å². The molecule has 21 heavy (non-hydrogen) atoms. The molecule has 2 atom stereocenters. The first-order valence-corrected chi connectivity index (χ1v) is 8.83. The predicted octanol–water partition coefficient (Wildman–Crippen LogP) is 5.65. The van der Waals surface area contributed by atoms with Crippen LogP contribution in [0.25, 0.3) is 0 Å². The number of allylic oxidation sites excluding steroid dienone is 4. The first-order valence-electron chi connectivity index (χ1n) is 8.83. The van der Waals surface area contributed by atoms with Gasteiger partial charge in [-0.3, -0.25) is 0 Å². The van der Waals surface area contributed by atoms with Gasteiger partial charge in [0.15, 0.2) is 0 Å². The summed E-state index contributed by atoms with van der Waals surface area (Å²) < 4.78 is 0. The van der Waals surface area contributed by atoms with Crippen LogP contribution in [-0.2, 0) is 0 Å². The van der Waals surface area contributed by atoms with Crippen LogP contribution in [0.1, 0.15) is 66.7 Å². The highest BCUT2D eigenvalue weighted by atomic mass is 14.9. The summed E-state index contributed by atoms with van der Waals surface area (Å²) in [7, 11) is 0. The van der Waals surface area contributed by atoms with Gasteiger partial charge in [0.25, 0.3) is 0 Å². The molecule has 2 aliphatic rings. The van der Waals surface area contributed by atoms with Crippen molar-refractivity contribution in [2.75, 3.05) is 6.54 Å². The molecule has 0 aromatic heterocycles. The van der Waals surface area contributed by atoms with E-state index >= 15 is 0 Å². The monoisotopic (exact) mass is 289 g/mol. The number of nitrogens with one attached hydrogen (secondary N) is 1. The predicted molar refractivity (Wildman–Crippen MR) is 95.5 cm³/mol. The van der Waals surface area contributed by atoms with Gasteiger partial charge in [-0.25, -0.2) is 0 Å². The highest BCUT2D eigenvalue weighted by Crippen LogP contribution is 2.27. The minimum atomic E-state index is 0.525. The maximum Gasteiger partial charge on any atom is 0.0288 e. The zero-order chi connectivity index (χ0) is 15.7. The molecular weight excluding hydrogens is 254 g/mol. The van der Waals surface area contributed by atoms with Crippen molar-refractivity contribution in [1.82, 2.24) is 5.32 Å². The number of rotatable bonds is 4. The van der Waals surface area contributed by atoms with Gasteiger partial charge >= 0.3 is 0 Å². The maximum absolute atomic E-state index is 3.40. The van der Waals surface area contributed by atoms with E-state index in [4.69, 9.17) is 0 Å². The summed E-state index contributed by atoms with van der Waals surface area (Å²) in [5.41, 5.74) is 3.12. The normalized spacial score (nSPS) is 23.0. The molecule has 0 spiro atoms. The lowest BCUT2D eigenvalue weighted by atomic mass is 9.85. The lowest BCUT2D eigenvalue weighted by Gasteiger charge is -2.21. The zero-order valence-electron chi connectivity index (χ0n) is 14.8. The Morgan fingerprint density at radius 3 is 2.38 bits per heavy atom. The summed E-state index contributed by atoms with van der Waals surface area (Å²) in [4.78, 5) is 0. The molecule has 0 aromatic carbocycles. The first-order chi connectivity index (χ1) is 10.0. The van der Waals surface area contributed by atoms with E-state index < -0.39 is 0 Å². The molecule has 0 amide bonds. The van der Waals surface area contributed by atoms with E-state index in [1.807, 2.05) is 0 Å². The van der Waals surface area contributed by atoms with E-state index in [-0.39, 0.29) is 0 Å². The van der Waals surface area contributed by atoms with Crippen molar-refractivity contribution >= 4 is 0 Å². The largest absolute Gasteiger partial charge is 0.310 e. The Hall–Kier alpha value is -0.820. The molecule has 2 unspecified atom stereocenters. The smallest absolute Gasteiger partial charge is 0.0288 e.